The lowest BCUT2D eigenvalue weighted by Crippen LogP contribution is -2.61. The number of likely N-dealkylation sites (N-methyl/N-ethyl adjacent to an activating group) is 1. The van der Waals surface area contributed by atoms with Crippen LogP contribution in [0.25, 0.3) is 6.08 Å². The fourth-order valence-corrected chi connectivity index (χ4v) is 3.51. The smallest absolute Gasteiger partial charge is 0.331 e. The molecule has 0 saturated carbocycles. The van der Waals surface area contributed by atoms with Gasteiger partial charge in [0, 0.05) is 6.04 Å². The van der Waals surface area contributed by atoms with E-state index in [2.05, 4.69) is 18.4 Å². The molecule has 0 radical (unpaired) electrons. The molecule has 0 aliphatic carbocycles. The highest BCUT2D eigenvalue weighted by Gasteiger charge is 2.50. The molecular weight excluding hydrogens is 322 g/mol. The molecule has 0 spiro atoms. The van der Waals surface area contributed by atoms with Crippen molar-refractivity contribution in [3.05, 3.63) is 90.5 Å². The summed E-state index contributed by atoms with van der Waals surface area (Å²) in [6.07, 6.45) is 5.93. The highest BCUT2D eigenvalue weighted by Crippen LogP contribution is 2.38. The second-order valence-electron chi connectivity index (χ2n) is 6.75. The van der Waals surface area contributed by atoms with E-state index >= 15 is 0 Å². The molecule has 0 bridgehead atoms. The zero-order valence-corrected chi connectivity index (χ0v) is 15.3. The first-order valence-corrected chi connectivity index (χ1v) is 8.92. The van der Waals surface area contributed by atoms with Crippen LogP contribution in [0.1, 0.15) is 30.6 Å². The van der Waals surface area contributed by atoms with Gasteiger partial charge in [-0.05, 0) is 31.5 Å². The first-order valence-electron chi connectivity index (χ1n) is 8.92. The Hall–Kier alpha value is -2.65. The molecule has 3 nitrogen and oxygen atoms in total. The maximum Gasteiger partial charge on any atom is 0.331 e. The van der Waals surface area contributed by atoms with Gasteiger partial charge in [-0.2, -0.15) is 0 Å². The Morgan fingerprint density at radius 3 is 2.35 bits per heavy atom. The van der Waals surface area contributed by atoms with Crippen LogP contribution in [0.5, 0.6) is 0 Å². The van der Waals surface area contributed by atoms with E-state index in [4.69, 9.17) is 4.74 Å². The molecule has 3 heteroatoms. The monoisotopic (exact) mass is 347 g/mol. The minimum absolute atomic E-state index is 0.0375. The van der Waals surface area contributed by atoms with E-state index in [-0.39, 0.29) is 18.1 Å². The van der Waals surface area contributed by atoms with Gasteiger partial charge in [0.15, 0.2) is 0 Å². The van der Waals surface area contributed by atoms with E-state index in [0.29, 0.717) is 6.42 Å². The molecule has 134 valence electrons. The molecule has 1 aliphatic heterocycles. The number of nitrogens with zero attached hydrogens (tertiary/aromatic N) is 1. The largest absolute Gasteiger partial charge is 0.454 e. The number of hydrogen-bond donors (Lipinski definition) is 0. The fourth-order valence-electron chi connectivity index (χ4n) is 3.51. The summed E-state index contributed by atoms with van der Waals surface area (Å²) in [4.78, 5) is 15.2. The van der Waals surface area contributed by atoms with Crippen molar-refractivity contribution in [2.45, 2.75) is 31.0 Å². The summed E-state index contributed by atoms with van der Waals surface area (Å²) in [6, 6.07) is 19.9. The number of carbonyl (C=O) groups excluding carboxylic acids is 1. The van der Waals surface area contributed by atoms with Crippen molar-refractivity contribution in [1.82, 2.24) is 4.90 Å². The summed E-state index contributed by atoms with van der Waals surface area (Å²) in [5.41, 5.74) is 1.22. The molecule has 1 heterocycles. The Morgan fingerprint density at radius 1 is 1.12 bits per heavy atom. The highest BCUT2D eigenvalue weighted by molar-refractivity contribution is 5.86. The number of morpholine rings is 1. The van der Waals surface area contributed by atoms with Crippen molar-refractivity contribution < 1.29 is 9.53 Å². The van der Waals surface area contributed by atoms with Crippen LogP contribution in [-0.2, 0) is 9.53 Å². The van der Waals surface area contributed by atoms with Crippen LogP contribution in [0.2, 0.25) is 0 Å². The van der Waals surface area contributed by atoms with Gasteiger partial charge in [-0.1, -0.05) is 78.9 Å². The molecule has 2 aromatic carbocycles. The first-order chi connectivity index (χ1) is 12.6. The molecule has 2 aromatic rings. The third-order valence-corrected chi connectivity index (χ3v) is 5.20. The van der Waals surface area contributed by atoms with E-state index in [1.54, 1.807) is 6.08 Å². The second kappa shape index (κ2) is 7.71. The lowest BCUT2D eigenvalue weighted by atomic mass is 9.86. The summed E-state index contributed by atoms with van der Waals surface area (Å²) >= 11 is 0. The molecule has 3 atom stereocenters. The maximum absolute atomic E-state index is 13.1. The van der Waals surface area contributed by atoms with Crippen molar-refractivity contribution in [3.8, 4) is 0 Å². The Kier molecular flexibility index (Phi) is 5.38. The highest BCUT2D eigenvalue weighted by atomic mass is 16.6. The van der Waals surface area contributed by atoms with E-state index in [0.717, 1.165) is 11.1 Å². The van der Waals surface area contributed by atoms with Crippen molar-refractivity contribution in [2.24, 2.45) is 0 Å². The van der Waals surface area contributed by atoms with Gasteiger partial charge in [-0.25, -0.2) is 4.79 Å². The minimum atomic E-state index is -0.845. The van der Waals surface area contributed by atoms with Gasteiger partial charge in [0.25, 0.3) is 0 Å². The van der Waals surface area contributed by atoms with Gasteiger partial charge in [-0.3, -0.25) is 4.90 Å². The van der Waals surface area contributed by atoms with Gasteiger partial charge in [-0.15, -0.1) is 6.58 Å². The summed E-state index contributed by atoms with van der Waals surface area (Å²) in [7, 11) is 1.99. The predicted molar refractivity (Wildman–Crippen MR) is 106 cm³/mol. The zero-order chi connectivity index (χ0) is 18.6. The van der Waals surface area contributed by atoms with Crippen molar-refractivity contribution in [3.63, 3.8) is 0 Å². The van der Waals surface area contributed by atoms with Gasteiger partial charge in [0.05, 0.1) is 0 Å². The van der Waals surface area contributed by atoms with Crippen molar-refractivity contribution in [2.75, 3.05) is 7.05 Å². The van der Waals surface area contributed by atoms with Crippen molar-refractivity contribution >= 4 is 12.0 Å². The Labute approximate surface area is 155 Å². The first kappa shape index (κ1) is 18.2. The molecule has 0 amide bonds. The summed E-state index contributed by atoms with van der Waals surface area (Å²) < 4.78 is 5.93. The Balaban J connectivity index is 1.94. The molecule has 26 heavy (non-hydrogen) atoms. The molecule has 1 saturated heterocycles. The van der Waals surface area contributed by atoms with Crippen LogP contribution < -0.4 is 0 Å². The summed E-state index contributed by atoms with van der Waals surface area (Å²) in [6.45, 7) is 5.95. The van der Waals surface area contributed by atoms with Gasteiger partial charge < -0.3 is 4.74 Å². The molecule has 1 aliphatic rings. The van der Waals surface area contributed by atoms with Gasteiger partial charge in [0.2, 0.25) is 0 Å². The van der Waals surface area contributed by atoms with Crippen LogP contribution in [0, 0.1) is 0 Å². The molecule has 3 rings (SSSR count). The Morgan fingerprint density at radius 2 is 1.73 bits per heavy atom. The van der Waals surface area contributed by atoms with Crippen LogP contribution in [0.15, 0.2) is 79.4 Å². The number of benzene rings is 2. The number of hydrogen-bond acceptors (Lipinski definition) is 3. The number of rotatable bonds is 5. The second-order valence-corrected chi connectivity index (χ2v) is 6.75. The molecule has 0 aromatic heterocycles. The zero-order valence-electron chi connectivity index (χ0n) is 15.3. The third kappa shape index (κ3) is 3.35. The lowest BCUT2D eigenvalue weighted by Gasteiger charge is -2.48. The van der Waals surface area contributed by atoms with E-state index in [1.807, 2.05) is 79.9 Å². The predicted octanol–water partition coefficient (Wildman–Crippen LogP) is 4.63. The van der Waals surface area contributed by atoms with Crippen molar-refractivity contribution in [1.29, 1.82) is 0 Å². The summed E-state index contributed by atoms with van der Waals surface area (Å²) in [5, 5.41) is 0. The minimum Gasteiger partial charge on any atom is -0.454 e. The van der Waals surface area contributed by atoms with Gasteiger partial charge in [0.1, 0.15) is 11.6 Å². The summed E-state index contributed by atoms with van der Waals surface area (Å²) in [5.74, 6) is -0.237. The van der Waals surface area contributed by atoms with Crippen LogP contribution in [-0.4, -0.2) is 29.5 Å². The lowest BCUT2D eigenvalue weighted by molar-refractivity contribution is -0.180. The number of carbonyl (C=O) groups is 1. The van der Waals surface area contributed by atoms with Crippen LogP contribution in [0.3, 0.4) is 0 Å². The maximum atomic E-state index is 13.1. The van der Waals surface area contributed by atoms with Crippen LogP contribution >= 0.6 is 0 Å². The molecule has 1 fully saturated rings. The molecular formula is C23H25NO2. The van der Waals surface area contributed by atoms with E-state index < -0.39 is 5.54 Å². The quantitative estimate of drug-likeness (QED) is 0.583. The standard InChI is InChI=1S/C23H25NO2/c1-4-16-23(17-15-19-11-7-5-8-12-19)22(25)26-21(18(2)24(23)3)20-13-9-6-10-14-20/h4-15,17-18,21H,1,16H2,2-3H3/b17-15+/t18-,21-,23+/m0/s1. The molecule has 0 unspecified atom stereocenters. The van der Waals surface area contributed by atoms with E-state index in [1.165, 1.54) is 0 Å². The van der Waals surface area contributed by atoms with Gasteiger partial charge >= 0.3 is 5.97 Å². The number of ether oxygens (including phenoxy) is 1. The number of esters is 1. The Bertz CT molecular complexity index is 784. The number of cyclic esters (lactones) is 1. The molecule has 0 N–H and O–H groups in total. The average molecular weight is 347 g/mol. The fraction of sp³-hybridized carbons (Fsp3) is 0.261. The van der Waals surface area contributed by atoms with Crippen LogP contribution in [0.4, 0.5) is 0 Å². The topological polar surface area (TPSA) is 29.5 Å². The SMILES string of the molecule is C=CC[C@@]1(/C=C/c2ccccc2)C(=O)O[C@H](c2ccccc2)[C@H](C)N1C. The van der Waals surface area contributed by atoms with E-state index in [9.17, 15) is 4.79 Å². The third-order valence-electron chi connectivity index (χ3n) is 5.20. The normalized spacial score (nSPS) is 26.6. The average Bonchev–Trinajstić information content (AvgIpc) is 2.68.